The average molecular weight is 418 g/mol. The number of carbonyl (C=O) groups excluding carboxylic acids is 1. The molecule has 1 saturated heterocycles. The number of nitrogens with zero attached hydrogens (tertiary/aromatic N) is 4. The number of aryl methyl sites for hydroxylation is 2. The fourth-order valence-corrected chi connectivity index (χ4v) is 4.34. The molecule has 1 aromatic carbocycles. The van der Waals surface area contributed by atoms with Gasteiger partial charge in [0.1, 0.15) is 0 Å². The lowest BCUT2D eigenvalue weighted by Gasteiger charge is -2.34. The Balaban J connectivity index is 1.41. The summed E-state index contributed by atoms with van der Waals surface area (Å²) in [7, 11) is -3.56. The normalized spacial score (nSPS) is 14.8. The summed E-state index contributed by atoms with van der Waals surface area (Å²) in [6, 6.07) is 6.84. The highest BCUT2D eigenvalue weighted by molar-refractivity contribution is 7.89. The van der Waals surface area contributed by atoms with Crippen LogP contribution in [-0.4, -0.2) is 61.9 Å². The molecule has 0 bridgehead atoms. The number of hydrogen-bond donors (Lipinski definition) is 1. The van der Waals surface area contributed by atoms with Gasteiger partial charge in [-0.2, -0.15) is 0 Å². The minimum atomic E-state index is -3.56. The fraction of sp³-hybridized carbons (Fsp3) is 0.450. The number of amides is 1. The Morgan fingerprint density at radius 2 is 1.76 bits per heavy atom. The number of rotatable bonds is 7. The van der Waals surface area contributed by atoms with Crippen LogP contribution in [0.5, 0.6) is 0 Å². The van der Waals surface area contributed by atoms with E-state index in [1.807, 2.05) is 18.7 Å². The quantitative estimate of drug-likeness (QED) is 0.686. The molecule has 29 heavy (non-hydrogen) atoms. The molecule has 0 saturated carbocycles. The second-order valence-electron chi connectivity index (χ2n) is 7.16. The van der Waals surface area contributed by atoms with Crippen LogP contribution in [0.1, 0.15) is 24.0 Å². The highest BCUT2D eigenvalue weighted by Gasteiger charge is 2.22. The van der Waals surface area contributed by atoms with Crippen molar-refractivity contribution in [1.82, 2.24) is 19.6 Å². The third-order valence-electron chi connectivity index (χ3n) is 5.12. The zero-order valence-corrected chi connectivity index (χ0v) is 17.7. The first-order valence-electron chi connectivity index (χ1n) is 9.73. The predicted molar refractivity (Wildman–Crippen MR) is 111 cm³/mol. The number of benzene rings is 1. The molecule has 3 rings (SSSR count). The summed E-state index contributed by atoms with van der Waals surface area (Å²) in [6.45, 7) is 6.67. The Kier molecular flexibility index (Phi) is 6.81. The zero-order chi connectivity index (χ0) is 20.9. The molecule has 156 valence electrons. The lowest BCUT2D eigenvalue weighted by Crippen LogP contribution is -2.49. The number of anilines is 1. The van der Waals surface area contributed by atoms with Gasteiger partial charge in [0.15, 0.2) is 0 Å². The highest BCUT2D eigenvalue weighted by atomic mass is 32.2. The second-order valence-corrected chi connectivity index (χ2v) is 8.93. The molecule has 2 aromatic rings. The van der Waals surface area contributed by atoms with Crippen LogP contribution in [0.4, 0.5) is 5.95 Å². The van der Waals surface area contributed by atoms with Crippen LogP contribution in [0.3, 0.4) is 0 Å². The number of sulfonamides is 1. The number of piperazine rings is 1. The van der Waals surface area contributed by atoms with E-state index in [9.17, 15) is 13.2 Å². The van der Waals surface area contributed by atoms with Gasteiger partial charge in [0.2, 0.25) is 21.9 Å². The summed E-state index contributed by atoms with van der Waals surface area (Å²) < 4.78 is 27.4. The molecule has 0 unspecified atom stereocenters. The van der Waals surface area contributed by atoms with Gasteiger partial charge in [0.25, 0.3) is 0 Å². The van der Waals surface area contributed by atoms with E-state index in [0.717, 1.165) is 11.1 Å². The first-order valence-corrected chi connectivity index (χ1v) is 11.2. The highest BCUT2D eigenvalue weighted by Crippen LogP contribution is 2.15. The standard InChI is InChI=1S/C20H27N5O3S/c1-16-6-7-18(15-17(16)2)29(27,28)23-10-3-5-19(26)24-11-13-25(14-12-24)20-21-8-4-9-22-20/h4,6-9,15,23H,3,5,10-14H2,1-2H3. The van der Waals surface area contributed by atoms with Gasteiger partial charge in [-0.25, -0.2) is 23.1 Å². The molecule has 1 N–H and O–H groups in total. The third kappa shape index (κ3) is 5.51. The number of nitrogens with one attached hydrogen (secondary N) is 1. The maximum absolute atomic E-state index is 12.4. The van der Waals surface area contributed by atoms with Gasteiger partial charge in [-0.1, -0.05) is 6.07 Å². The van der Waals surface area contributed by atoms with Gasteiger partial charge >= 0.3 is 0 Å². The van der Waals surface area contributed by atoms with E-state index in [1.54, 1.807) is 36.7 Å². The molecular formula is C20H27N5O3S. The van der Waals surface area contributed by atoms with Crippen LogP contribution < -0.4 is 9.62 Å². The van der Waals surface area contributed by atoms with Crippen LogP contribution in [0.2, 0.25) is 0 Å². The van der Waals surface area contributed by atoms with Crippen LogP contribution >= 0.6 is 0 Å². The van der Waals surface area contributed by atoms with Crippen molar-refractivity contribution in [2.75, 3.05) is 37.6 Å². The van der Waals surface area contributed by atoms with Crippen LogP contribution in [0, 0.1) is 13.8 Å². The Morgan fingerprint density at radius 1 is 1.07 bits per heavy atom. The summed E-state index contributed by atoms with van der Waals surface area (Å²) in [6.07, 6.45) is 4.19. The van der Waals surface area contributed by atoms with Gasteiger partial charge in [0.05, 0.1) is 4.90 Å². The summed E-state index contributed by atoms with van der Waals surface area (Å²) in [5, 5.41) is 0. The van der Waals surface area contributed by atoms with Crippen LogP contribution in [0.15, 0.2) is 41.6 Å². The zero-order valence-electron chi connectivity index (χ0n) is 16.8. The van der Waals surface area contributed by atoms with E-state index in [4.69, 9.17) is 0 Å². The summed E-state index contributed by atoms with van der Waals surface area (Å²) in [4.78, 5) is 25.0. The summed E-state index contributed by atoms with van der Waals surface area (Å²) in [5.41, 5.74) is 1.98. The van der Waals surface area contributed by atoms with Crippen molar-refractivity contribution >= 4 is 21.9 Å². The van der Waals surface area contributed by atoms with E-state index in [-0.39, 0.29) is 17.3 Å². The van der Waals surface area contributed by atoms with Crippen molar-refractivity contribution in [3.63, 3.8) is 0 Å². The van der Waals surface area contributed by atoms with E-state index >= 15 is 0 Å². The minimum absolute atomic E-state index is 0.0454. The van der Waals surface area contributed by atoms with E-state index in [1.165, 1.54) is 0 Å². The number of aromatic nitrogens is 2. The number of hydrogen-bond acceptors (Lipinski definition) is 6. The molecule has 8 nitrogen and oxygen atoms in total. The molecule has 9 heteroatoms. The number of carbonyl (C=O) groups is 1. The molecule has 1 amide bonds. The average Bonchev–Trinajstić information content (AvgIpc) is 2.73. The first kappa shape index (κ1) is 21.2. The van der Waals surface area contributed by atoms with Crippen LogP contribution in [0.25, 0.3) is 0 Å². The molecular weight excluding hydrogens is 390 g/mol. The largest absolute Gasteiger partial charge is 0.339 e. The van der Waals surface area contributed by atoms with Crippen molar-refractivity contribution in [3.05, 3.63) is 47.8 Å². The Hall–Kier alpha value is -2.52. The van der Waals surface area contributed by atoms with Crippen molar-refractivity contribution < 1.29 is 13.2 Å². The molecule has 2 heterocycles. The van der Waals surface area contributed by atoms with E-state index < -0.39 is 10.0 Å². The molecule has 0 aliphatic carbocycles. The van der Waals surface area contributed by atoms with E-state index in [0.29, 0.717) is 45.0 Å². The van der Waals surface area contributed by atoms with Gasteiger partial charge in [-0.3, -0.25) is 4.79 Å². The van der Waals surface area contributed by atoms with Crippen molar-refractivity contribution in [2.24, 2.45) is 0 Å². The molecule has 0 atom stereocenters. The summed E-state index contributed by atoms with van der Waals surface area (Å²) in [5.74, 6) is 0.726. The smallest absolute Gasteiger partial charge is 0.240 e. The lowest BCUT2D eigenvalue weighted by atomic mass is 10.1. The Morgan fingerprint density at radius 3 is 2.41 bits per heavy atom. The molecule has 1 fully saturated rings. The van der Waals surface area contributed by atoms with Gasteiger partial charge in [-0.05, 0) is 49.6 Å². The molecule has 1 aromatic heterocycles. The molecule has 0 radical (unpaired) electrons. The predicted octanol–water partition coefficient (Wildman–Crippen LogP) is 1.50. The first-order chi connectivity index (χ1) is 13.9. The lowest BCUT2D eigenvalue weighted by molar-refractivity contribution is -0.131. The maximum atomic E-state index is 12.4. The van der Waals surface area contributed by atoms with Crippen molar-refractivity contribution in [3.8, 4) is 0 Å². The SMILES string of the molecule is Cc1ccc(S(=O)(=O)NCCCC(=O)N2CCN(c3ncccn3)CC2)cc1C. The molecule has 0 spiro atoms. The van der Waals surface area contributed by atoms with Crippen molar-refractivity contribution in [1.29, 1.82) is 0 Å². The summed E-state index contributed by atoms with van der Waals surface area (Å²) >= 11 is 0. The molecule has 1 aliphatic rings. The van der Waals surface area contributed by atoms with Crippen LogP contribution in [-0.2, 0) is 14.8 Å². The minimum Gasteiger partial charge on any atom is -0.339 e. The maximum Gasteiger partial charge on any atom is 0.240 e. The molecule has 1 aliphatic heterocycles. The second kappa shape index (κ2) is 9.32. The topological polar surface area (TPSA) is 95.5 Å². The Bertz CT molecular complexity index is 942. The monoisotopic (exact) mass is 417 g/mol. The van der Waals surface area contributed by atoms with Gasteiger partial charge in [0, 0.05) is 51.5 Å². The van der Waals surface area contributed by atoms with E-state index in [2.05, 4.69) is 19.6 Å². The van der Waals surface area contributed by atoms with Gasteiger partial charge < -0.3 is 9.80 Å². The van der Waals surface area contributed by atoms with Crippen molar-refractivity contribution in [2.45, 2.75) is 31.6 Å². The van der Waals surface area contributed by atoms with Gasteiger partial charge in [-0.15, -0.1) is 0 Å². The Labute approximate surface area is 172 Å². The fourth-order valence-electron chi connectivity index (χ4n) is 3.18. The third-order valence-corrected chi connectivity index (χ3v) is 6.57.